The van der Waals surface area contributed by atoms with Gasteiger partial charge in [0, 0.05) is 89.7 Å². The highest BCUT2D eigenvalue weighted by atomic mass is 16.6. The van der Waals surface area contributed by atoms with Gasteiger partial charge in [-0.3, -0.25) is 39.8 Å². The fourth-order valence-corrected chi connectivity index (χ4v) is 10.2. The second-order valence-corrected chi connectivity index (χ2v) is 19.2. The van der Waals surface area contributed by atoms with Crippen LogP contribution < -0.4 is 0 Å². The fraction of sp³-hybridized carbons (Fsp3) is 0.276. The molecule has 18 nitrogen and oxygen atoms in total. The summed E-state index contributed by atoms with van der Waals surface area (Å²) in [4.78, 5) is 32.0. The Morgan fingerprint density at radius 3 is 1.18 bits per heavy atom. The fourth-order valence-electron chi connectivity index (χ4n) is 10.2. The number of benzene rings is 6. The molecule has 0 bridgehead atoms. The molecular weight excluding hydrogens is 957 g/mol. The quantitative estimate of drug-likeness (QED) is 0.0658. The van der Waals surface area contributed by atoms with Crippen LogP contribution in [0.4, 0.5) is 11.4 Å². The molecule has 2 aliphatic heterocycles. The number of nitro groups is 2. The Bertz CT molecular complexity index is 3030. The van der Waals surface area contributed by atoms with Crippen LogP contribution in [0.2, 0.25) is 0 Å². The molecule has 0 saturated carbocycles. The lowest BCUT2D eigenvalue weighted by Crippen LogP contribution is -2.48. The monoisotopic (exact) mass is 1020 g/mol. The lowest BCUT2D eigenvalue weighted by Gasteiger charge is -2.38. The molecule has 2 aromatic heterocycles. The van der Waals surface area contributed by atoms with Gasteiger partial charge in [0.2, 0.25) is 0 Å². The summed E-state index contributed by atoms with van der Waals surface area (Å²) in [6.45, 7) is 16.5. The molecule has 2 atom stereocenters. The molecule has 10 rings (SSSR count). The van der Waals surface area contributed by atoms with E-state index >= 15 is 0 Å². The van der Waals surface area contributed by atoms with Crippen molar-refractivity contribution in [1.82, 2.24) is 60.0 Å². The summed E-state index contributed by atoms with van der Waals surface area (Å²) in [5.74, 6) is 1.31. The van der Waals surface area contributed by atoms with Gasteiger partial charge in [-0.15, -0.1) is 10.2 Å². The van der Waals surface area contributed by atoms with Gasteiger partial charge in [0.25, 0.3) is 11.4 Å². The first-order valence-corrected chi connectivity index (χ1v) is 25.6. The largest absolute Gasteiger partial charge is 0.297 e. The summed E-state index contributed by atoms with van der Waals surface area (Å²) in [5, 5.41) is 49.0. The van der Waals surface area contributed by atoms with Crippen LogP contribution in [-0.4, -0.2) is 135 Å². The van der Waals surface area contributed by atoms with Crippen molar-refractivity contribution in [2.45, 2.75) is 39.8 Å². The number of hydrogen-bond acceptors (Lipinski definition) is 14. The third kappa shape index (κ3) is 12.6. The summed E-state index contributed by atoms with van der Waals surface area (Å²) < 4.78 is 3.59. The number of nitrogens with zero attached hydrogens (tertiary/aromatic N) is 14. The van der Waals surface area contributed by atoms with Crippen LogP contribution in [0.15, 0.2) is 158 Å². The third-order valence-corrected chi connectivity index (χ3v) is 14.1. The number of non-ortho nitro benzene ring substituents is 2. The number of rotatable bonds is 16. The summed E-state index contributed by atoms with van der Waals surface area (Å²) in [5.41, 5.74) is 10.2. The van der Waals surface area contributed by atoms with E-state index in [0.29, 0.717) is 11.6 Å². The topological polar surface area (TPSA) is 186 Å². The highest BCUT2D eigenvalue weighted by Crippen LogP contribution is 2.34. The van der Waals surface area contributed by atoms with E-state index in [-0.39, 0.29) is 33.3 Å². The van der Waals surface area contributed by atoms with Crippen molar-refractivity contribution >= 4 is 23.5 Å². The third-order valence-electron chi connectivity index (χ3n) is 14.1. The first kappa shape index (κ1) is 52.4. The van der Waals surface area contributed by atoms with E-state index in [1.807, 2.05) is 113 Å². The highest BCUT2D eigenvalue weighted by Gasteiger charge is 2.34. The Balaban J connectivity index is 0.000000186. The van der Waals surface area contributed by atoms with Gasteiger partial charge in [-0.2, -0.15) is 9.36 Å². The molecule has 6 aromatic carbocycles. The Kier molecular flexibility index (Phi) is 17.1. The molecule has 0 spiro atoms. The van der Waals surface area contributed by atoms with Gasteiger partial charge in [0.05, 0.1) is 33.3 Å². The first-order chi connectivity index (χ1) is 37.0. The van der Waals surface area contributed by atoms with Crippen LogP contribution in [0.25, 0.3) is 23.5 Å². The van der Waals surface area contributed by atoms with Crippen LogP contribution in [0.3, 0.4) is 0 Å². The molecule has 0 N–H and O–H groups in total. The predicted octanol–water partition coefficient (Wildman–Crippen LogP) is 9.22. The maximum atomic E-state index is 11.6. The molecule has 2 saturated heterocycles. The van der Waals surface area contributed by atoms with E-state index in [4.69, 9.17) is 0 Å². The number of nitro benzene ring substituents is 2. The van der Waals surface area contributed by atoms with E-state index in [0.717, 1.165) is 110 Å². The Labute approximate surface area is 442 Å². The van der Waals surface area contributed by atoms with Gasteiger partial charge in [0.15, 0.2) is 11.6 Å². The Morgan fingerprint density at radius 2 is 0.829 bits per heavy atom. The smallest absolute Gasteiger partial charge is 0.269 e. The van der Waals surface area contributed by atoms with E-state index in [1.165, 1.54) is 23.3 Å². The average molecular weight is 1020 g/mol. The number of para-hydroxylation sites is 2. The number of aryl methyl sites for hydroxylation is 4. The van der Waals surface area contributed by atoms with Crippen molar-refractivity contribution in [1.29, 1.82) is 0 Å². The predicted molar refractivity (Wildman–Crippen MR) is 294 cm³/mol. The van der Waals surface area contributed by atoms with Crippen LogP contribution in [0, 0.1) is 47.9 Å². The SMILES string of the molecule is Cc1cccc(C)c1-n1nnnc1[C@@H](c1cccc([N+](=O)[O-])c1)N1CCN(C/C=C/c2ccccc2)CC1.Cc1cccc(C)c1-n1nnnc1[C@H](c1cccc([N+](=O)[O-])c1)N1CCN(C/C=C/c2ccccc2)CC1. The van der Waals surface area contributed by atoms with Gasteiger partial charge < -0.3 is 0 Å². The summed E-state index contributed by atoms with van der Waals surface area (Å²) in [7, 11) is 0. The second kappa shape index (κ2) is 24.7. The number of piperazine rings is 2. The minimum absolute atomic E-state index is 0.0586. The van der Waals surface area contributed by atoms with Crippen LogP contribution >= 0.6 is 0 Å². The van der Waals surface area contributed by atoms with Crippen LogP contribution in [0.5, 0.6) is 0 Å². The molecule has 0 amide bonds. The number of aromatic nitrogens is 8. The van der Waals surface area contributed by atoms with E-state index in [1.54, 1.807) is 33.6 Å². The lowest BCUT2D eigenvalue weighted by atomic mass is 10.0. The molecule has 0 aliphatic carbocycles. The maximum Gasteiger partial charge on any atom is 0.269 e. The molecule has 2 aliphatic rings. The van der Waals surface area contributed by atoms with E-state index in [9.17, 15) is 20.2 Å². The molecule has 4 heterocycles. The molecule has 18 heteroatoms. The lowest BCUT2D eigenvalue weighted by molar-refractivity contribution is -0.385. The highest BCUT2D eigenvalue weighted by molar-refractivity contribution is 5.51. The molecule has 8 aromatic rings. The van der Waals surface area contributed by atoms with Crippen molar-refractivity contribution in [3.63, 3.8) is 0 Å². The van der Waals surface area contributed by atoms with Crippen LogP contribution in [-0.2, 0) is 0 Å². The van der Waals surface area contributed by atoms with E-state index < -0.39 is 0 Å². The van der Waals surface area contributed by atoms with Crippen molar-refractivity contribution in [3.8, 4) is 11.4 Å². The molecule has 0 radical (unpaired) electrons. The van der Waals surface area contributed by atoms with E-state index in [2.05, 4.69) is 99.2 Å². The number of hydrogen-bond donors (Lipinski definition) is 0. The summed E-state index contributed by atoms with van der Waals surface area (Å²) in [6, 6.07) is 45.8. The summed E-state index contributed by atoms with van der Waals surface area (Å²) >= 11 is 0. The normalized spacial score (nSPS) is 15.6. The Morgan fingerprint density at radius 1 is 0.474 bits per heavy atom. The van der Waals surface area contributed by atoms with Crippen molar-refractivity contribution in [2.75, 3.05) is 65.4 Å². The van der Waals surface area contributed by atoms with Gasteiger partial charge >= 0.3 is 0 Å². The van der Waals surface area contributed by atoms with Crippen LogP contribution in [0.1, 0.15) is 68.2 Å². The zero-order valence-electron chi connectivity index (χ0n) is 43.3. The van der Waals surface area contributed by atoms with Gasteiger partial charge in [-0.1, -0.05) is 146 Å². The van der Waals surface area contributed by atoms with Crippen molar-refractivity contribution in [3.05, 3.63) is 234 Å². The minimum atomic E-state index is -0.355. The molecule has 388 valence electrons. The molecule has 2 fully saturated rings. The minimum Gasteiger partial charge on any atom is -0.297 e. The molecule has 76 heavy (non-hydrogen) atoms. The van der Waals surface area contributed by atoms with Gasteiger partial charge in [-0.25, -0.2) is 0 Å². The zero-order chi connectivity index (χ0) is 53.0. The first-order valence-electron chi connectivity index (χ1n) is 25.6. The Hall–Kier alpha value is -8.42. The average Bonchev–Trinajstić information content (AvgIpc) is 4.12. The standard InChI is InChI=1S/2C29H31N7O2/c2*1-22-9-6-10-23(2)27(22)35-29(30-31-32-35)28(25-14-7-15-26(21-25)36(37)38)34-19-17-33(18-20-34)16-8-13-24-11-4-3-5-12-24/h2*3-15,21,28H,16-20H2,1-2H3/b2*13-8+/t2*28-/m10/s1. The van der Waals surface area contributed by atoms with Gasteiger partial charge in [0.1, 0.15) is 0 Å². The maximum absolute atomic E-state index is 11.6. The summed E-state index contributed by atoms with van der Waals surface area (Å²) in [6.07, 6.45) is 8.70. The molecular formula is C58H62N14O4. The van der Waals surface area contributed by atoms with Crippen molar-refractivity contribution < 1.29 is 9.85 Å². The van der Waals surface area contributed by atoms with Gasteiger partial charge in [-0.05, 0) is 93.1 Å². The second-order valence-electron chi connectivity index (χ2n) is 19.2. The zero-order valence-corrected chi connectivity index (χ0v) is 43.3. The molecule has 0 unspecified atom stereocenters. The van der Waals surface area contributed by atoms with Crippen molar-refractivity contribution in [2.24, 2.45) is 0 Å². The number of tetrazole rings is 2.